The van der Waals surface area contributed by atoms with Crippen LogP contribution in [-0.4, -0.2) is 57.7 Å². The third-order valence-electron chi connectivity index (χ3n) is 4.87. The summed E-state index contributed by atoms with van der Waals surface area (Å²) in [5.41, 5.74) is 3.59. The van der Waals surface area contributed by atoms with Gasteiger partial charge in [0.2, 0.25) is 6.41 Å². The molecular weight excluding hydrogens is 414 g/mol. The minimum absolute atomic E-state index is 0.144. The van der Waals surface area contributed by atoms with E-state index in [9.17, 15) is 9.59 Å². The molecule has 31 heavy (non-hydrogen) atoms. The number of benzene rings is 1. The summed E-state index contributed by atoms with van der Waals surface area (Å²) in [5, 5.41) is 11.3. The number of nitrogens with zero attached hydrogens (tertiary/aromatic N) is 2. The van der Waals surface area contributed by atoms with E-state index in [4.69, 9.17) is 0 Å². The monoisotopic (exact) mass is 447 g/mol. The van der Waals surface area contributed by atoms with E-state index in [1.807, 2.05) is 31.5 Å². The van der Waals surface area contributed by atoms with Crippen molar-refractivity contribution in [2.75, 3.05) is 50.6 Å². The molecule has 2 aromatic rings. The number of carbonyl (C=O) groups excluding carboxylic acids is 2. The van der Waals surface area contributed by atoms with Crippen LogP contribution >= 0.6 is 11.3 Å². The SMILES string of the molecule is CNCc1ccc(NC(=O)c2csc(N3CCC(C)C3)n2)c(C)c1.COCCNC=O. The van der Waals surface area contributed by atoms with Gasteiger partial charge in [-0.25, -0.2) is 4.98 Å². The van der Waals surface area contributed by atoms with Crippen LogP contribution in [0.3, 0.4) is 0 Å². The zero-order valence-electron chi connectivity index (χ0n) is 18.7. The molecule has 2 amide bonds. The van der Waals surface area contributed by atoms with Crippen LogP contribution in [-0.2, 0) is 16.1 Å². The van der Waals surface area contributed by atoms with Crippen molar-refractivity contribution >= 4 is 34.5 Å². The molecule has 170 valence electrons. The topological polar surface area (TPSA) is 95.6 Å². The largest absolute Gasteiger partial charge is 0.383 e. The average Bonchev–Trinajstić information content (AvgIpc) is 3.40. The maximum atomic E-state index is 12.5. The molecule has 8 nitrogen and oxygen atoms in total. The summed E-state index contributed by atoms with van der Waals surface area (Å²) in [6, 6.07) is 6.07. The Bertz CT molecular complexity index is 842. The normalized spacial score (nSPS) is 15.2. The number of amides is 2. The number of hydrogen-bond donors (Lipinski definition) is 3. The van der Waals surface area contributed by atoms with Crippen LogP contribution in [0.25, 0.3) is 0 Å². The van der Waals surface area contributed by atoms with Gasteiger partial charge in [0.1, 0.15) is 5.69 Å². The molecule has 1 saturated heterocycles. The highest BCUT2D eigenvalue weighted by Gasteiger charge is 2.22. The summed E-state index contributed by atoms with van der Waals surface area (Å²) in [4.78, 5) is 28.8. The highest BCUT2D eigenvalue weighted by molar-refractivity contribution is 7.14. The first-order chi connectivity index (χ1) is 15.0. The lowest BCUT2D eigenvalue weighted by Crippen LogP contribution is -2.19. The van der Waals surface area contributed by atoms with Crippen molar-refractivity contribution < 1.29 is 14.3 Å². The van der Waals surface area contributed by atoms with Crippen LogP contribution < -0.4 is 20.9 Å². The number of aromatic nitrogens is 1. The Kier molecular flexibility index (Phi) is 10.4. The van der Waals surface area contributed by atoms with E-state index in [0.717, 1.165) is 36.0 Å². The lowest BCUT2D eigenvalue weighted by atomic mass is 10.1. The molecule has 0 radical (unpaired) electrons. The zero-order valence-corrected chi connectivity index (χ0v) is 19.6. The van der Waals surface area contributed by atoms with Crippen molar-refractivity contribution in [2.24, 2.45) is 5.92 Å². The molecule has 0 bridgehead atoms. The maximum Gasteiger partial charge on any atom is 0.275 e. The van der Waals surface area contributed by atoms with E-state index in [0.29, 0.717) is 31.2 Å². The quantitative estimate of drug-likeness (QED) is 0.404. The van der Waals surface area contributed by atoms with Crippen molar-refractivity contribution in [3.63, 3.8) is 0 Å². The second-order valence-corrected chi connectivity index (χ2v) is 8.39. The first-order valence-corrected chi connectivity index (χ1v) is 11.3. The first kappa shape index (κ1) is 24.8. The molecule has 2 heterocycles. The van der Waals surface area contributed by atoms with Gasteiger partial charge in [0.25, 0.3) is 5.91 Å². The summed E-state index contributed by atoms with van der Waals surface area (Å²) >= 11 is 1.55. The van der Waals surface area contributed by atoms with E-state index < -0.39 is 0 Å². The Morgan fingerprint density at radius 2 is 2.23 bits per heavy atom. The van der Waals surface area contributed by atoms with Crippen LogP contribution in [0.4, 0.5) is 10.8 Å². The second kappa shape index (κ2) is 13.0. The number of aryl methyl sites for hydroxylation is 1. The Labute approximate surface area is 188 Å². The summed E-state index contributed by atoms with van der Waals surface area (Å²) < 4.78 is 4.62. The average molecular weight is 448 g/mol. The predicted molar refractivity (Wildman–Crippen MR) is 126 cm³/mol. The van der Waals surface area contributed by atoms with Crippen LogP contribution in [0.2, 0.25) is 0 Å². The molecular formula is C22H33N5O3S. The fourth-order valence-corrected chi connectivity index (χ4v) is 4.05. The predicted octanol–water partition coefficient (Wildman–Crippen LogP) is 2.65. The Morgan fingerprint density at radius 3 is 2.84 bits per heavy atom. The van der Waals surface area contributed by atoms with Gasteiger partial charge in [-0.1, -0.05) is 19.1 Å². The number of anilines is 2. The van der Waals surface area contributed by atoms with Gasteiger partial charge in [-0.2, -0.15) is 0 Å². The van der Waals surface area contributed by atoms with Gasteiger partial charge in [0.05, 0.1) is 6.61 Å². The number of thiazole rings is 1. The molecule has 0 spiro atoms. The van der Waals surface area contributed by atoms with Gasteiger partial charge in [-0.05, 0) is 43.5 Å². The van der Waals surface area contributed by atoms with Crippen LogP contribution in [0, 0.1) is 12.8 Å². The highest BCUT2D eigenvalue weighted by Crippen LogP contribution is 2.27. The fraction of sp³-hybridized carbons (Fsp3) is 0.500. The third-order valence-corrected chi connectivity index (χ3v) is 5.77. The number of methoxy groups -OCH3 is 1. The Balaban J connectivity index is 0.000000423. The number of ether oxygens (including phenoxy) is 1. The standard InChI is InChI=1S/C18H24N4OS.C4H9NO2/c1-12-6-7-22(10-12)18-21-16(11-24-18)17(23)20-15-5-4-14(9-19-3)8-13(15)2;1-7-3-2-5-4-6/h4-5,8,11-12,19H,6-7,9-10H2,1-3H3,(H,20,23);4H,2-3H2,1H3,(H,5,6). The van der Waals surface area contributed by atoms with Gasteiger partial charge in [0, 0.05) is 44.4 Å². The molecule has 1 aromatic carbocycles. The number of rotatable bonds is 9. The Hall–Kier alpha value is -2.49. The molecule has 3 N–H and O–H groups in total. The molecule has 1 aromatic heterocycles. The summed E-state index contributed by atoms with van der Waals surface area (Å²) in [5.74, 6) is 0.555. The van der Waals surface area contributed by atoms with E-state index in [2.05, 4.69) is 43.6 Å². The Morgan fingerprint density at radius 1 is 1.42 bits per heavy atom. The second-order valence-electron chi connectivity index (χ2n) is 7.55. The fourth-order valence-electron chi connectivity index (χ4n) is 3.21. The van der Waals surface area contributed by atoms with Gasteiger partial charge < -0.3 is 25.6 Å². The molecule has 1 fully saturated rings. The van der Waals surface area contributed by atoms with Crippen molar-refractivity contribution in [1.29, 1.82) is 0 Å². The highest BCUT2D eigenvalue weighted by atomic mass is 32.1. The van der Waals surface area contributed by atoms with Crippen molar-refractivity contribution in [3.8, 4) is 0 Å². The van der Waals surface area contributed by atoms with Gasteiger partial charge >= 0.3 is 0 Å². The molecule has 0 saturated carbocycles. The van der Waals surface area contributed by atoms with E-state index in [-0.39, 0.29) is 5.91 Å². The summed E-state index contributed by atoms with van der Waals surface area (Å²) in [7, 11) is 3.51. The number of carbonyl (C=O) groups is 2. The van der Waals surface area contributed by atoms with Crippen LogP contribution in [0.1, 0.15) is 35.0 Å². The summed E-state index contributed by atoms with van der Waals surface area (Å²) in [6.07, 6.45) is 1.85. The van der Waals surface area contributed by atoms with Crippen LogP contribution in [0.5, 0.6) is 0 Å². The van der Waals surface area contributed by atoms with E-state index >= 15 is 0 Å². The third kappa shape index (κ3) is 7.93. The maximum absolute atomic E-state index is 12.5. The number of hydrogen-bond acceptors (Lipinski definition) is 7. The van der Waals surface area contributed by atoms with Crippen molar-refractivity contribution in [1.82, 2.24) is 15.6 Å². The minimum atomic E-state index is -0.144. The zero-order chi connectivity index (χ0) is 22.6. The molecule has 1 aliphatic heterocycles. The summed E-state index contributed by atoms with van der Waals surface area (Å²) in [6.45, 7) is 8.31. The van der Waals surface area contributed by atoms with Gasteiger partial charge in [-0.15, -0.1) is 11.3 Å². The van der Waals surface area contributed by atoms with E-state index in [1.165, 1.54) is 12.0 Å². The molecule has 3 rings (SSSR count). The molecule has 1 aliphatic rings. The first-order valence-electron chi connectivity index (χ1n) is 10.4. The van der Waals surface area contributed by atoms with Crippen molar-refractivity contribution in [2.45, 2.75) is 26.8 Å². The molecule has 1 unspecified atom stereocenters. The van der Waals surface area contributed by atoms with Gasteiger partial charge in [0.15, 0.2) is 5.13 Å². The van der Waals surface area contributed by atoms with Gasteiger partial charge in [-0.3, -0.25) is 9.59 Å². The molecule has 1 atom stereocenters. The van der Waals surface area contributed by atoms with Crippen molar-refractivity contribution in [3.05, 3.63) is 40.4 Å². The lowest BCUT2D eigenvalue weighted by molar-refractivity contribution is -0.109. The number of nitrogens with one attached hydrogen (secondary N) is 3. The molecule has 9 heteroatoms. The smallest absolute Gasteiger partial charge is 0.275 e. The van der Waals surface area contributed by atoms with Crippen LogP contribution in [0.15, 0.2) is 23.6 Å². The lowest BCUT2D eigenvalue weighted by Gasteiger charge is -2.13. The minimum Gasteiger partial charge on any atom is -0.383 e. The molecule has 0 aliphatic carbocycles. The van der Waals surface area contributed by atoms with E-state index in [1.54, 1.807) is 18.4 Å².